The molecule has 0 aliphatic carbocycles. The number of aliphatic hydroxyl groups excluding tert-OH is 1. The van der Waals surface area contributed by atoms with Crippen molar-refractivity contribution >= 4 is 17.5 Å². The summed E-state index contributed by atoms with van der Waals surface area (Å²) in [6.45, 7) is 6.43. The van der Waals surface area contributed by atoms with Crippen LogP contribution in [0, 0.1) is 5.92 Å². The Morgan fingerprint density at radius 3 is 2.43 bits per heavy atom. The lowest BCUT2D eigenvalue weighted by molar-refractivity contribution is -0.0152. The summed E-state index contributed by atoms with van der Waals surface area (Å²) < 4.78 is 0. The molecule has 0 radical (unpaired) electrons. The highest BCUT2D eigenvalue weighted by atomic mass is 35.5. The van der Waals surface area contributed by atoms with E-state index in [1.54, 1.807) is 29.2 Å². The summed E-state index contributed by atoms with van der Waals surface area (Å²) in [5.41, 5.74) is 0.649. The van der Waals surface area contributed by atoms with Crippen LogP contribution in [0.15, 0.2) is 24.3 Å². The van der Waals surface area contributed by atoms with E-state index in [0.29, 0.717) is 29.6 Å². The lowest BCUT2D eigenvalue weighted by atomic mass is 9.99. The summed E-state index contributed by atoms with van der Waals surface area (Å²) in [4.78, 5) is 16.6. The molecule has 116 valence electrons. The number of likely N-dealkylation sites (N-methyl/N-ethyl adjacent to an activating group) is 1. The van der Waals surface area contributed by atoms with E-state index in [1.165, 1.54) is 0 Å². The Balaban J connectivity index is 2.04. The summed E-state index contributed by atoms with van der Waals surface area (Å²) in [6, 6.07) is 7.11. The number of hydrogen-bond acceptors (Lipinski definition) is 3. The van der Waals surface area contributed by atoms with E-state index in [1.807, 2.05) is 7.05 Å². The van der Waals surface area contributed by atoms with Gasteiger partial charge >= 0.3 is 0 Å². The second-order valence-electron chi connectivity index (χ2n) is 6.11. The molecule has 0 spiro atoms. The van der Waals surface area contributed by atoms with Crippen LogP contribution in [-0.2, 0) is 0 Å². The van der Waals surface area contributed by atoms with Crippen molar-refractivity contribution in [1.29, 1.82) is 0 Å². The first kappa shape index (κ1) is 16.3. The molecule has 1 atom stereocenters. The van der Waals surface area contributed by atoms with E-state index in [-0.39, 0.29) is 18.1 Å². The summed E-state index contributed by atoms with van der Waals surface area (Å²) >= 11 is 5.86. The fourth-order valence-electron chi connectivity index (χ4n) is 2.68. The number of benzene rings is 1. The highest BCUT2D eigenvalue weighted by Crippen LogP contribution is 2.18. The summed E-state index contributed by atoms with van der Waals surface area (Å²) in [5, 5.41) is 10.0. The van der Waals surface area contributed by atoms with Gasteiger partial charge in [0.1, 0.15) is 0 Å². The Labute approximate surface area is 131 Å². The Hall–Kier alpha value is -1.10. The van der Waals surface area contributed by atoms with Gasteiger partial charge in [0, 0.05) is 43.3 Å². The van der Waals surface area contributed by atoms with E-state index in [4.69, 9.17) is 11.6 Å². The normalized spacial score (nSPS) is 17.6. The molecule has 1 heterocycles. The number of β-amino-alcohol motifs (C(OH)–C–C–N with tert-alkyl or cyclic N) is 1. The SMILES string of the molecule is CC(C)[C@@H](CN1CC(O)C1)N(C)C(=O)c1ccc(Cl)cc1. The summed E-state index contributed by atoms with van der Waals surface area (Å²) in [7, 11) is 1.85. The van der Waals surface area contributed by atoms with Crippen LogP contribution < -0.4 is 0 Å². The number of carbonyl (C=O) groups is 1. The van der Waals surface area contributed by atoms with Gasteiger partial charge in [-0.15, -0.1) is 0 Å². The average molecular weight is 311 g/mol. The van der Waals surface area contributed by atoms with Crippen molar-refractivity contribution < 1.29 is 9.90 Å². The highest BCUT2D eigenvalue weighted by molar-refractivity contribution is 6.30. The first-order valence-corrected chi connectivity index (χ1v) is 7.69. The molecule has 0 aromatic heterocycles. The molecule has 1 aliphatic rings. The maximum absolute atomic E-state index is 12.6. The van der Waals surface area contributed by atoms with E-state index >= 15 is 0 Å². The maximum atomic E-state index is 12.6. The number of halogens is 1. The average Bonchev–Trinajstić information content (AvgIpc) is 2.41. The third-order valence-electron chi connectivity index (χ3n) is 4.06. The van der Waals surface area contributed by atoms with Crippen molar-refractivity contribution in [3.05, 3.63) is 34.9 Å². The van der Waals surface area contributed by atoms with Crippen molar-refractivity contribution in [1.82, 2.24) is 9.80 Å². The monoisotopic (exact) mass is 310 g/mol. The summed E-state index contributed by atoms with van der Waals surface area (Å²) in [6.07, 6.45) is -0.213. The van der Waals surface area contributed by atoms with Crippen molar-refractivity contribution in [2.24, 2.45) is 5.92 Å². The van der Waals surface area contributed by atoms with Gasteiger partial charge in [0.05, 0.1) is 6.10 Å². The molecule has 1 aromatic carbocycles. The number of likely N-dealkylation sites (tertiary alicyclic amines) is 1. The molecule has 1 saturated heterocycles. The molecule has 5 heteroatoms. The molecule has 1 N–H and O–H groups in total. The van der Waals surface area contributed by atoms with Crippen molar-refractivity contribution in [3.63, 3.8) is 0 Å². The zero-order chi connectivity index (χ0) is 15.6. The third-order valence-corrected chi connectivity index (χ3v) is 4.31. The molecule has 1 aliphatic heterocycles. The van der Waals surface area contributed by atoms with Crippen LogP contribution in [0.2, 0.25) is 5.02 Å². The smallest absolute Gasteiger partial charge is 0.253 e. The van der Waals surface area contributed by atoms with Crippen molar-refractivity contribution in [2.75, 3.05) is 26.7 Å². The van der Waals surface area contributed by atoms with Gasteiger partial charge in [-0.3, -0.25) is 9.69 Å². The number of nitrogens with zero attached hydrogens (tertiary/aromatic N) is 2. The van der Waals surface area contributed by atoms with Gasteiger partial charge in [-0.05, 0) is 30.2 Å². The van der Waals surface area contributed by atoms with Crippen LogP contribution in [0.3, 0.4) is 0 Å². The zero-order valence-electron chi connectivity index (χ0n) is 12.8. The molecule has 0 saturated carbocycles. The third kappa shape index (κ3) is 3.96. The minimum atomic E-state index is -0.213. The number of rotatable bonds is 5. The fourth-order valence-corrected chi connectivity index (χ4v) is 2.81. The van der Waals surface area contributed by atoms with Crippen LogP contribution in [0.25, 0.3) is 0 Å². The molecular formula is C16H23ClN2O2. The topological polar surface area (TPSA) is 43.8 Å². The predicted molar refractivity (Wildman–Crippen MR) is 84.6 cm³/mol. The largest absolute Gasteiger partial charge is 0.390 e. The minimum absolute atomic E-state index is 0.00596. The Morgan fingerprint density at radius 2 is 1.95 bits per heavy atom. The van der Waals surface area contributed by atoms with E-state index in [2.05, 4.69) is 18.7 Å². The molecule has 4 nitrogen and oxygen atoms in total. The predicted octanol–water partition coefficient (Wildman–Crippen LogP) is 2.11. The quantitative estimate of drug-likeness (QED) is 0.906. The van der Waals surface area contributed by atoms with Gasteiger partial charge in [-0.2, -0.15) is 0 Å². The van der Waals surface area contributed by atoms with Gasteiger partial charge in [-0.25, -0.2) is 0 Å². The van der Waals surface area contributed by atoms with Crippen LogP contribution >= 0.6 is 11.6 Å². The van der Waals surface area contributed by atoms with Crippen LogP contribution in [0.5, 0.6) is 0 Å². The van der Waals surface area contributed by atoms with Gasteiger partial charge in [0.15, 0.2) is 0 Å². The molecule has 1 aromatic rings. The number of hydrogen-bond donors (Lipinski definition) is 1. The first-order chi connectivity index (χ1) is 9.88. The van der Waals surface area contributed by atoms with E-state index in [0.717, 1.165) is 6.54 Å². The van der Waals surface area contributed by atoms with E-state index < -0.39 is 0 Å². The number of aliphatic hydroxyl groups is 1. The molecular weight excluding hydrogens is 288 g/mol. The number of amides is 1. The molecule has 0 bridgehead atoms. The van der Waals surface area contributed by atoms with Crippen molar-refractivity contribution in [3.8, 4) is 0 Å². The molecule has 0 unspecified atom stereocenters. The molecule has 21 heavy (non-hydrogen) atoms. The Bertz CT molecular complexity index is 484. The van der Waals surface area contributed by atoms with Crippen LogP contribution in [0.4, 0.5) is 0 Å². The van der Waals surface area contributed by atoms with Crippen LogP contribution in [-0.4, -0.2) is 59.6 Å². The van der Waals surface area contributed by atoms with E-state index in [9.17, 15) is 9.90 Å². The Morgan fingerprint density at radius 1 is 1.38 bits per heavy atom. The van der Waals surface area contributed by atoms with Gasteiger partial charge in [0.2, 0.25) is 0 Å². The first-order valence-electron chi connectivity index (χ1n) is 7.31. The maximum Gasteiger partial charge on any atom is 0.253 e. The standard InChI is InChI=1S/C16H23ClN2O2/c1-11(2)15(10-19-8-14(20)9-19)18(3)16(21)12-4-6-13(17)7-5-12/h4-7,11,14-15,20H,8-10H2,1-3H3/t15-/m1/s1. The molecule has 2 rings (SSSR count). The highest BCUT2D eigenvalue weighted by Gasteiger charge is 2.31. The molecule has 1 amide bonds. The second kappa shape index (κ2) is 6.77. The van der Waals surface area contributed by atoms with Crippen molar-refractivity contribution in [2.45, 2.75) is 26.0 Å². The zero-order valence-corrected chi connectivity index (χ0v) is 13.5. The van der Waals surface area contributed by atoms with Gasteiger partial charge < -0.3 is 10.0 Å². The van der Waals surface area contributed by atoms with Gasteiger partial charge in [0.25, 0.3) is 5.91 Å². The second-order valence-corrected chi connectivity index (χ2v) is 6.54. The minimum Gasteiger partial charge on any atom is -0.390 e. The van der Waals surface area contributed by atoms with Crippen LogP contribution in [0.1, 0.15) is 24.2 Å². The van der Waals surface area contributed by atoms with Gasteiger partial charge in [-0.1, -0.05) is 25.4 Å². The fraction of sp³-hybridized carbons (Fsp3) is 0.562. The lowest BCUT2D eigenvalue weighted by Crippen LogP contribution is -2.57. The molecule has 1 fully saturated rings. The number of carbonyl (C=O) groups excluding carboxylic acids is 1. The lowest BCUT2D eigenvalue weighted by Gasteiger charge is -2.41. The Kier molecular flexibility index (Phi) is 5.25. The summed E-state index contributed by atoms with van der Waals surface area (Å²) in [5.74, 6) is 0.357.